The predicted molar refractivity (Wildman–Crippen MR) is 92.0 cm³/mol. The zero-order valence-electron chi connectivity index (χ0n) is 11.5. The minimum Gasteiger partial charge on any atom is -0.343 e. The summed E-state index contributed by atoms with van der Waals surface area (Å²) in [7, 11) is 0. The first kappa shape index (κ1) is 15.3. The Bertz CT molecular complexity index is 714. The fourth-order valence-corrected chi connectivity index (χ4v) is 3.41. The van der Waals surface area contributed by atoms with Crippen LogP contribution in [0.3, 0.4) is 0 Å². The lowest BCUT2D eigenvalue weighted by molar-refractivity contribution is -0.115. The molecule has 0 aliphatic heterocycles. The van der Waals surface area contributed by atoms with Crippen molar-refractivity contribution in [3.8, 4) is 0 Å². The third-order valence-electron chi connectivity index (χ3n) is 3.14. The van der Waals surface area contributed by atoms with Crippen molar-refractivity contribution in [2.45, 2.75) is 18.8 Å². The molecule has 1 aliphatic rings. The van der Waals surface area contributed by atoms with Crippen molar-refractivity contribution >= 4 is 50.9 Å². The Balaban J connectivity index is 1.51. The number of hydrogen-bond acceptors (Lipinski definition) is 5. The molecule has 0 saturated heterocycles. The molecule has 2 N–H and O–H groups in total. The van der Waals surface area contributed by atoms with Gasteiger partial charge in [0.1, 0.15) is 5.01 Å². The average Bonchev–Trinajstić information content (AvgIpc) is 3.26. The number of hydrogen-bond donors (Lipinski definition) is 2. The summed E-state index contributed by atoms with van der Waals surface area (Å²) in [5.74, 6) is -0.0584. The van der Waals surface area contributed by atoms with Gasteiger partial charge in [-0.2, -0.15) is 0 Å². The largest absolute Gasteiger partial charge is 0.343 e. The Morgan fingerprint density at radius 3 is 2.77 bits per heavy atom. The molecule has 0 radical (unpaired) electrons. The van der Waals surface area contributed by atoms with E-state index in [9.17, 15) is 9.59 Å². The number of aromatic nitrogens is 2. The molecular weight excluding hydrogens is 415 g/mol. The quantitative estimate of drug-likeness (QED) is 0.717. The number of halogens is 1. The van der Waals surface area contributed by atoms with Crippen molar-refractivity contribution in [3.63, 3.8) is 0 Å². The summed E-state index contributed by atoms with van der Waals surface area (Å²) in [6.45, 7) is -0.0951. The van der Waals surface area contributed by atoms with E-state index in [1.165, 1.54) is 11.3 Å². The van der Waals surface area contributed by atoms with E-state index in [1.54, 1.807) is 12.1 Å². The fraction of sp³-hybridized carbons (Fsp3) is 0.286. The lowest BCUT2D eigenvalue weighted by Crippen LogP contribution is -2.33. The summed E-state index contributed by atoms with van der Waals surface area (Å²) >= 11 is 3.48. The molecule has 1 aliphatic carbocycles. The molecule has 1 aromatic carbocycles. The zero-order chi connectivity index (χ0) is 15.5. The first-order valence-corrected chi connectivity index (χ1v) is 8.69. The van der Waals surface area contributed by atoms with Gasteiger partial charge in [-0.05, 0) is 47.6 Å². The Morgan fingerprint density at radius 2 is 2.05 bits per heavy atom. The van der Waals surface area contributed by atoms with Gasteiger partial charge < -0.3 is 5.32 Å². The molecule has 3 rings (SSSR count). The molecule has 1 aromatic heterocycles. The summed E-state index contributed by atoms with van der Waals surface area (Å²) in [5.41, 5.74) is 0.558. The molecule has 0 spiro atoms. The number of anilines is 1. The smallest absolute Gasteiger partial charge is 0.252 e. The molecule has 0 bridgehead atoms. The van der Waals surface area contributed by atoms with E-state index in [1.807, 2.05) is 12.1 Å². The van der Waals surface area contributed by atoms with Crippen LogP contribution in [0.5, 0.6) is 0 Å². The second-order valence-electron chi connectivity index (χ2n) is 4.93. The summed E-state index contributed by atoms with van der Waals surface area (Å²) in [5, 5.41) is 14.7. The van der Waals surface area contributed by atoms with Crippen LogP contribution < -0.4 is 10.6 Å². The lowest BCUT2D eigenvalue weighted by Gasteiger charge is -2.06. The van der Waals surface area contributed by atoms with Crippen LogP contribution in [0.15, 0.2) is 24.3 Å². The van der Waals surface area contributed by atoms with Crippen molar-refractivity contribution in [2.75, 3.05) is 11.9 Å². The summed E-state index contributed by atoms with van der Waals surface area (Å²) in [4.78, 5) is 23.8. The van der Waals surface area contributed by atoms with Crippen LogP contribution in [0.1, 0.15) is 34.1 Å². The van der Waals surface area contributed by atoms with Crippen molar-refractivity contribution in [3.05, 3.63) is 38.4 Å². The SMILES string of the molecule is O=C(CNC(=O)c1ccccc1I)Nc1nnc(C2CC2)s1. The maximum absolute atomic E-state index is 12.0. The maximum atomic E-state index is 12.0. The van der Waals surface area contributed by atoms with Crippen LogP contribution in [0.2, 0.25) is 0 Å². The van der Waals surface area contributed by atoms with E-state index < -0.39 is 0 Å². The molecule has 1 saturated carbocycles. The van der Waals surface area contributed by atoms with Gasteiger partial charge in [-0.25, -0.2) is 0 Å². The van der Waals surface area contributed by atoms with E-state index in [0.29, 0.717) is 16.6 Å². The van der Waals surface area contributed by atoms with Gasteiger partial charge in [0.25, 0.3) is 5.91 Å². The number of benzene rings is 1. The van der Waals surface area contributed by atoms with Crippen LogP contribution >= 0.6 is 33.9 Å². The molecule has 2 amide bonds. The number of rotatable bonds is 5. The Hall–Kier alpha value is -1.55. The van der Waals surface area contributed by atoms with Gasteiger partial charge in [-0.15, -0.1) is 10.2 Å². The average molecular weight is 428 g/mol. The van der Waals surface area contributed by atoms with Crippen LogP contribution in [-0.4, -0.2) is 28.6 Å². The Labute approximate surface area is 144 Å². The third-order valence-corrected chi connectivity index (χ3v) is 5.08. The highest BCUT2D eigenvalue weighted by molar-refractivity contribution is 14.1. The summed E-state index contributed by atoms with van der Waals surface area (Å²) in [6.07, 6.45) is 2.29. The van der Waals surface area contributed by atoms with E-state index in [2.05, 4.69) is 43.4 Å². The van der Waals surface area contributed by atoms with Crippen LogP contribution in [0, 0.1) is 3.57 Å². The van der Waals surface area contributed by atoms with Crippen LogP contribution in [-0.2, 0) is 4.79 Å². The molecule has 1 fully saturated rings. The highest BCUT2D eigenvalue weighted by Gasteiger charge is 2.27. The second-order valence-corrected chi connectivity index (χ2v) is 7.10. The number of carbonyl (C=O) groups excluding carboxylic acids is 2. The Morgan fingerprint density at radius 1 is 1.27 bits per heavy atom. The fourth-order valence-electron chi connectivity index (χ4n) is 1.84. The first-order chi connectivity index (χ1) is 10.6. The molecule has 0 atom stereocenters. The van der Waals surface area contributed by atoms with Gasteiger partial charge in [-0.1, -0.05) is 23.5 Å². The van der Waals surface area contributed by atoms with Gasteiger partial charge in [0.15, 0.2) is 0 Å². The Kier molecular flexibility index (Phi) is 4.67. The van der Waals surface area contributed by atoms with Crippen LogP contribution in [0.4, 0.5) is 5.13 Å². The maximum Gasteiger partial charge on any atom is 0.252 e. The van der Waals surface area contributed by atoms with Crippen molar-refractivity contribution in [1.82, 2.24) is 15.5 Å². The molecule has 114 valence electrons. The minimum atomic E-state index is -0.308. The molecule has 0 unspecified atom stereocenters. The zero-order valence-corrected chi connectivity index (χ0v) is 14.5. The monoisotopic (exact) mass is 428 g/mol. The molecule has 8 heteroatoms. The normalized spacial score (nSPS) is 13.7. The van der Waals surface area contributed by atoms with Crippen molar-refractivity contribution in [2.24, 2.45) is 0 Å². The van der Waals surface area contributed by atoms with Gasteiger partial charge in [-0.3, -0.25) is 14.9 Å². The standard InChI is InChI=1S/C14H13IN4O2S/c15-10-4-2-1-3-9(10)12(21)16-7-11(20)17-14-19-18-13(22-14)8-5-6-8/h1-4,8H,5-7H2,(H,16,21)(H,17,19,20). The summed E-state index contributed by atoms with van der Waals surface area (Å²) < 4.78 is 0.844. The minimum absolute atomic E-state index is 0.0951. The van der Waals surface area contributed by atoms with Crippen molar-refractivity contribution < 1.29 is 9.59 Å². The van der Waals surface area contributed by atoms with Crippen LogP contribution in [0.25, 0.3) is 0 Å². The van der Waals surface area contributed by atoms with E-state index >= 15 is 0 Å². The van der Waals surface area contributed by atoms with E-state index in [0.717, 1.165) is 21.4 Å². The van der Waals surface area contributed by atoms with Gasteiger partial charge >= 0.3 is 0 Å². The topological polar surface area (TPSA) is 84.0 Å². The number of amides is 2. The predicted octanol–water partition coefficient (Wildman–Crippen LogP) is 2.39. The highest BCUT2D eigenvalue weighted by atomic mass is 127. The van der Waals surface area contributed by atoms with Gasteiger partial charge in [0.05, 0.1) is 12.1 Å². The number of nitrogens with one attached hydrogen (secondary N) is 2. The third kappa shape index (κ3) is 3.80. The molecule has 6 nitrogen and oxygen atoms in total. The first-order valence-electron chi connectivity index (χ1n) is 6.79. The number of nitrogens with zero attached hydrogens (tertiary/aromatic N) is 2. The lowest BCUT2D eigenvalue weighted by atomic mass is 10.2. The molecule has 2 aromatic rings. The molecule has 22 heavy (non-hydrogen) atoms. The van der Waals surface area contributed by atoms with E-state index in [4.69, 9.17) is 0 Å². The second kappa shape index (κ2) is 6.69. The highest BCUT2D eigenvalue weighted by Crippen LogP contribution is 2.41. The van der Waals surface area contributed by atoms with Crippen molar-refractivity contribution in [1.29, 1.82) is 0 Å². The van der Waals surface area contributed by atoms with E-state index in [-0.39, 0.29) is 18.4 Å². The van der Waals surface area contributed by atoms with Gasteiger partial charge in [0, 0.05) is 9.49 Å². The molecule has 1 heterocycles. The summed E-state index contributed by atoms with van der Waals surface area (Å²) in [6, 6.07) is 7.22. The number of carbonyl (C=O) groups is 2. The van der Waals surface area contributed by atoms with Gasteiger partial charge in [0.2, 0.25) is 11.0 Å². The molecular formula is C14H13IN4O2S.